The number of halogens is 4. The van der Waals surface area contributed by atoms with Crippen LogP contribution in [0.1, 0.15) is 120 Å². The van der Waals surface area contributed by atoms with Crippen molar-refractivity contribution in [3.05, 3.63) is 101 Å². The van der Waals surface area contributed by atoms with E-state index in [0.29, 0.717) is 31.6 Å². The third-order valence-corrected chi connectivity index (χ3v) is 8.70. The predicted octanol–water partition coefficient (Wildman–Crippen LogP) is 12.8. The van der Waals surface area contributed by atoms with Crippen molar-refractivity contribution < 1.29 is 27.1 Å². The Kier molecular flexibility index (Phi) is 20.3. The minimum atomic E-state index is -4.27. The molecule has 1 aromatic rings. The lowest BCUT2D eigenvalue weighted by atomic mass is 9.92. The van der Waals surface area contributed by atoms with Crippen molar-refractivity contribution in [1.29, 1.82) is 0 Å². The SMILES string of the molecule is CC.CC/C=C/C=C(\C=C(/C)CCC)C(F)(F)F.C\C=C(C(/C(C)=N/C=C/CC)=C(/C)N1CCN(C(=O)OC2(C)CC2)C(C)C1)\c1ccccc1F. The van der Waals surface area contributed by atoms with Crippen LogP contribution in [0.3, 0.4) is 0 Å². The van der Waals surface area contributed by atoms with E-state index < -0.39 is 11.7 Å². The molecule has 290 valence electrons. The van der Waals surface area contributed by atoms with Crippen molar-refractivity contribution in [3.8, 4) is 0 Å². The summed E-state index contributed by atoms with van der Waals surface area (Å²) in [7, 11) is 0. The lowest BCUT2D eigenvalue weighted by molar-refractivity contribution is -0.0882. The summed E-state index contributed by atoms with van der Waals surface area (Å²) < 4.78 is 58.3. The molecule has 3 rings (SSSR count). The van der Waals surface area contributed by atoms with Crippen LogP contribution in [-0.4, -0.2) is 59.1 Å². The van der Waals surface area contributed by atoms with Crippen LogP contribution in [0.2, 0.25) is 0 Å². The smallest absolute Gasteiger partial charge is 0.416 e. The van der Waals surface area contributed by atoms with Gasteiger partial charge in [-0.3, -0.25) is 4.99 Å². The highest BCUT2D eigenvalue weighted by Gasteiger charge is 2.43. The second-order valence-corrected chi connectivity index (χ2v) is 13.2. The molecule has 1 heterocycles. The van der Waals surface area contributed by atoms with Crippen LogP contribution in [0.4, 0.5) is 22.4 Å². The molecule has 5 nitrogen and oxygen atoms in total. The van der Waals surface area contributed by atoms with Gasteiger partial charge >= 0.3 is 12.3 Å². The number of carbonyl (C=O) groups is 1. The van der Waals surface area contributed by atoms with Crippen LogP contribution in [0.25, 0.3) is 5.57 Å². The number of piperazine rings is 1. The largest absolute Gasteiger partial charge is 0.443 e. The van der Waals surface area contributed by atoms with E-state index in [0.717, 1.165) is 66.3 Å². The van der Waals surface area contributed by atoms with Gasteiger partial charge in [0.15, 0.2) is 0 Å². The van der Waals surface area contributed by atoms with Crippen LogP contribution in [0.5, 0.6) is 0 Å². The zero-order valence-electron chi connectivity index (χ0n) is 33.5. The molecule has 0 aromatic heterocycles. The van der Waals surface area contributed by atoms with Crippen molar-refractivity contribution in [2.24, 2.45) is 4.99 Å². The summed E-state index contributed by atoms with van der Waals surface area (Å²) in [5.41, 5.74) is 4.04. The zero-order valence-corrected chi connectivity index (χ0v) is 33.5. The fourth-order valence-corrected chi connectivity index (χ4v) is 5.60. The fourth-order valence-electron chi connectivity index (χ4n) is 5.60. The Morgan fingerprint density at radius 3 is 2.19 bits per heavy atom. The highest BCUT2D eigenvalue weighted by atomic mass is 19.4. The lowest BCUT2D eigenvalue weighted by Crippen LogP contribution is -2.54. The van der Waals surface area contributed by atoms with Gasteiger partial charge in [-0.1, -0.05) is 101 Å². The topological polar surface area (TPSA) is 45.1 Å². The molecule has 1 unspecified atom stereocenters. The molecule has 1 saturated heterocycles. The Hall–Kier alpha value is -3.88. The highest BCUT2D eigenvalue weighted by molar-refractivity contribution is 6.12. The molecule has 1 aromatic carbocycles. The number of nitrogens with zero attached hydrogens (tertiary/aromatic N) is 3. The van der Waals surface area contributed by atoms with E-state index in [9.17, 15) is 22.4 Å². The normalized spacial score (nSPS) is 18.8. The van der Waals surface area contributed by atoms with Gasteiger partial charge in [-0.25, -0.2) is 9.18 Å². The molecule has 0 N–H and O–H groups in total. The van der Waals surface area contributed by atoms with E-state index >= 15 is 0 Å². The second kappa shape index (κ2) is 22.9. The number of hydrogen-bond acceptors (Lipinski definition) is 4. The number of hydrogen-bond donors (Lipinski definition) is 0. The van der Waals surface area contributed by atoms with Gasteiger partial charge in [0.1, 0.15) is 11.4 Å². The minimum Gasteiger partial charge on any atom is -0.443 e. The van der Waals surface area contributed by atoms with Gasteiger partial charge < -0.3 is 14.5 Å². The maximum atomic E-state index is 14.8. The molecule has 9 heteroatoms. The van der Waals surface area contributed by atoms with E-state index in [2.05, 4.69) is 23.7 Å². The highest BCUT2D eigenvalue weighted by Crippen LogP contribution is 2.39. The molecular formula is C43H63F4N3O2. The van der Waals surface area contributed by atoms with Crippen molar-refractivity contribution in [3.63, 3.8) is 0 Å². The first kappa shape index (κ1) is 46.1. The maximum absolute atomic E-state index is 14.8. The van der Waals surface area contributed by atoms with Gasteiger partial charge in [0.25, 0.3) is 0 Å². The summed E-state index contributed by atoms with van der Waals surface area (Å²) in [5, 5.41) is 0. The molecule has 52 heavy (non-hydrogen) atoms. The Morgan fingerprint density at radius 2 is 1.67 bits per heavy atom. The van der Waals surface area contributed by atoms with Crippen LogP contribution in [0, 0.1) is 5.82 Å². The summed E-state index contributed by atoms with van der Waals surface area (Å²) in [6.07, 6.45) is 11.8. The molecule has 0 bridgehead atoms. The zero-order chi connectivity index (χ0) is 39.5. The van der Waals surface area contributed by atoms with Gasteiger partial charge in [0.05, 0.1) is 5.57 Å². The van der Waals surface area contributed by atoms with E-state index in [4.69, 9.17) is 4.74 Å². The number of carbonyl (C=O) groups excluding carboxylic acids is 1. The Bertz CT molecular complexity index is 1490. The average molecular weight is 730 g/mol. The molecule has 2 fully saturated rings. The van der Waals surface area contributed by atoms with Crippen LogP contribution in [-0.2, 0) is 4.74 Å². The first-order valence-corrected chi connectivity index (χ1v) is 18.8. The monoisotopic (exact) mass is 729 g/mol. The number of benzene rings is 1. The van der Waals surface area contributed by atoms with E-state index in [-0.39, 0.29) is 23.6 Å². The van der Waals surface area contributed by atoms with E-state index in [1.54, 1.807) is 19.1 Å². The van der Waals surface area contributed by atoms with Crippen LogP contribution >= 0.6 is 0 Å². The molecular weight excluding hydrogens is 666 g/mol. The van der Waals surface area contributed by atoms with Crippen molar-refractivity contribution in [2.75, 3.05) is 19.6 Å². The third-order valence-electron chi connectivity index (χ3n) is 8.70. The Balaban J connectivity index is 0.000000634. The minimum absolute atomic E-state index is 0.000417. The second-order valence-electron chi connectivity index (χ2n) is 13.2. The van der Waals surface area contributed by atoms with Crippen LogP contribution < -0.4 is 0 Å². The van der Waals surface area contributed by atoms with Crippen molar-refractivity contribution in [2.45, 2.75) is 133 Å². The number of allylic oxidation sites excluding steroid dienone is 11. The molecule has 1 aliphatic heterocycles. The lowest BCUT2D eigenvalue weighted by Gasteiger charge is -2.41. The Morgan fingerprint density at radius 1 is 1.04 bits per heavy atom. The van der Waals surface area contributed by atoms with Gasteiger partial charge in [0.2, 0.25) is 0 Å². The quantitative estimate of drug-likeness (QED) is 0.122. The van der Waals surface area contributed by atoms with Gasteiger partial charge in [-0.15, -0.1) is 0 Å². The fraction of sp³-hybridized carbons (Fsp3) is 0.535. The van der Waals surface area contributed by atoms with Gasteiger partial charge in [-0.05, 0) is 85.3 Å². The van der Waals surface area contributed by atoms with Gasteiger partial charge in [-0.2, -0.15) is 13.2 Å². The first-order chi connectivity index (χ1) is 24.6. The average Bonchev–Trinajstić information content (AvgIpc) is 3.83. The van der Waals surface area contributed by atoms with Crippen molar-refractivity contribution >= 4 is 17.4 Å². The summed E-state index contributed by atoms with van der Waals surface area (Å²) in [4.78, 5) is 21.5. The van der Waals surface area contributed by atoms with Gasteiger partial charge in [0, 0.05) is 54.4 Å². The molecule has 0 spiro atoms. The molecule has 1 atom stereocenters. The van der Waals surface area contributed by atoms with Crippen LogP contribution in [0.15, 0.2) is 94.3 Å². The van der Waals surface area contributed by atoms with E-state index in [1.165, 1.54) is 18.2 Å². The third kappa shape index (κ3) is 15.0. The molecule has 0 radical (unpaired) electrons. The maximum Gasteiger partial charge on any atom is 0.416 e. The summed E-state index contributed by atoms with van der Waals surface area (Å²) in [6, 6.07) is 6.85. The summed E-state index contributed by atoms with van der Waals surface area (Å²) >= 11 is 0. The number of rotatable bonds is 12. The van der Waals surface area contributed by atoms with E-state index in [1.807, 2.05) is 90.8 Å². The molecule has 1 saturated carbocycles. The first-order valence-electron chi connectivity index (χ1n) is 18.8. The summed E-state index contributed by atoms with van der Waals surface area (Å²) in [5.74, 6) is -0.257. The number of amides is 1. The predicted molar refractivity (Wildman–Crippen MR) is 211 cm³/mol. The number of ether oxygens (including phenoxy) is 1. The molecule has 1 aliphatic carbocycles. The summed E-state index contributed by atoms with van der Waals surface area (Å²) in [6.45, 7) is 23.6. The van der Waals surface area contributed by atoms with Crippen molar-refractivity contribution in [1.82, 2.24) is 9.80 Å². The Labute approximate surface area is 311 Å². The number of alkyl halides is 3. The molecule has 2 aliphatic rings. The number of aliphatic imine (C=N–C) groups is 1. The standard InChI is InChI=1S/C28H38FN3O2.C13H19F3.C2H6/c1-7-9-16-30-21(4)26(23(8-2)24-12-10-11-13-25(24)29)22(5)31-17-18-32(20(3)19-31)27(33)34-28(6)14-15-28;1-4-6-7-9-12(13(14,15)16)10-11(3)8-5-2;1-2/h8-13,16,20H,7,14-15,17-19H2,1-6H3;6-7,9-10H,4-5,8H2,1-3H3;1-2H3/b16-9+,23-8-,26-22-,30-21+;7-6+,11-10+,12-9+;. The molecule has 1 amide bonds.